The lowest BCUT2D eigenvalue weighted by Crippen LogP contribution is -2.31. The topological polar surface area (TPSA) is 47.1 Å². The molecule has 2 rings (SSSR count). The van der Waals surface area contributed by atoms with Crippen LogP contribution in [0.2, 0.25) is 0 Å². The molecule has 0 radical (unpaired) electrons. The molecule has 0 amide bonds. The van der Waals surface area contributed by atoms with Crippen LogP contribution >= 0.6 is 15.9 Å². The predicted molar refractivity (Wildman–Crippen MR) is 80.6 cm³/mol. The number of halogens is 1. The smallest absolute Gasteiger partial charge is 0.0946 e. The van der Waals surface area contributed by atoms with Crippen LogP contribution in [-0.2, 0) is 13.6 Å². The van der Waals surface area contributed by atoms with E-state index in [4.69, 9.17) is 5.73 Å². The molecule has 0 fully saturated rings. The zero-order valence-corrected chi connectivity index (χ0v) is 12.8. The highest BCUT2D eigenvalue weighted by Gasteiger charge is 2.18. The van der Waals surface area contributed by atoms with Gasteiger partial charge in [0, 0.05) is 30.8 Å². The molecular weight excluding hydrogens is 304 g/mol. The second-order valence-electron chi connectivity index (χ2n) is 4.72. The zero-order valence-electron chi connectivity index (χ0n) is 11.3. The van der Waals surface area contributed by atoms with Crippen LogP contribution in [0.25, 0.3) is 0 Å². The molecule has 0 spiro atoms. The summed E-state index contributed by atoms with van der Waals surface area (Å²) in [6.07, 6.45) is 3.70. The molecule has 19 heavy (non-hydrogen) atoms. The number of hydrogen-bond donors (Lipinski definition) is 1. The Kier molecular flexibility index (Phi) is 4.74. The Labute approximate surface area is 122 Å². The quantitative estimate of drug-likeness (QED) is 0.918. The van der Waals surface area contributed by atoms with E-state index in [1.807, 2.05) is 24.1 Å². The average Bonchev–Trinajstić information content (AvgIpc) is 2.80. The van der Waals surface area contributed by atoms with Gasteiger partial charge in [-0.1, -0.05) is 28.1 Å². The summed E-state index contributed by atoms with van der Waals surface area (Å²) >= 11 is 3.45. The molecule has 1 aromatic heterocycles. The first-order valence-corrected chi connectivity index (χ1v) is 7.02. The molecule has 102 valence electrons. The summed E-state index contributed by atoms with van der Waals surface area (Å²) in [5.74, 6) is 0. The molecule has 0 saturated heterocycles. The largest absolute Gasteiger partial charge is 0.336 e. The van der Waals surface area contributed by atoms with E-state index in [1.54, 1.807) is 0 Å². The maximum atomic E-state index is 5.92. The number of nitrogens with zero attached hydrogens (tertiary/aromatic N) is 3. The van der Waals surface area contributed by atoms with Gasteiger partial charge in [-0.2, -0.15) is 0 Å². The second kappa shape index (κ2) is 6.32. The van der Waals surface area contributed by atoms with Gasteiger partial charge < -0.3 is 10.3 Å². The number of nitrogens with two attached hydrogens (primary N) is 1. The first-order chi connectivity index (χ1) is 9.11. The second-order valence-corrected chi connectivity index (χ2v) is 5.64. The van der Waals surface area contributed by atoms with Crippen LogP contribution in [0, 0.1) is 0 Å². The van der Waals surface area contributed by atoms with Crippen molar-refractivity contribution in [3.63, 3.8) is 0 Å². The van der Waals surface area contributed by atoms with Crippen molar-refractivity contribution < 1.29 is 0 Å². The Balaban J connectivity index is 2.11. The molecule has 0 bridgehead atoms. The maximum absolute atomic E-state index is 5.92. The van der Waals surface area contributed by atoms with Crippen LogP contribution in [0.15, 0.2) is 41.3 Å². The third kappa shape index (κ3) is 3.43. The summed E-state index contributed by atoms with van der Waals surface area (Å²) in [7, 11) is 4.09. The highest BCUT2D eigenvalue weighted by Crippen LogP contribution is 2.20. The third-order valence-corrected chi connectivity index (χ3v) is 3.82. The van der Waals surface area contributed by atoms with Crippen LogP contribution in [0.1, 0.15) is 17.3 Å². The van der Waals surface area contributed by atoms with Crippen molar-refractivity contribution in [2.45, 2.75) is 12.6 Å². The Hall–Kier alpha value is -1.17. The van der Waals surface area contributed by atoms with E-state index < -0.39 is 0 Å². The van der Waals surface area contributed by atoms with Gasteiger partial charge in [0.1, 0.15) is 0 Å². The Morgan fingerprint density at radius 1 is 1.37 bits per heavy atom. The maximum Gasteiger partial charge on any atom is 0.0946 e. The van der Waals surface area contributed by atoms with E-state index in [2.05, 4.69) is 57.1 Å². The first kappa shape index (κ1) is 14.2. The first-order valence-electron chi connectivity index (χ1n) is 6.22. The molecule has 2 N–H and O–H groups in total. The number of likely N-dealkylation sites (N-methyl/N-ethyl adjacent to an activating group) is 1. The van der Waals surface area contributed by atoms with Gasteiger partial charge in [0.25, 0.3) is 0 Å². The van der Waals surface area contributed by atoms with Crippen molar-refractivity contribution in [3.8, 4) is 0 Å². The molecule has 0 aliphatic rings. The van der Waals surface area contributed by atoms with Gasteiger partial charge in [-0.3, -0.25) is 4.90 Å². The van der Waals surface area contributed by atoms with Gasteiger partial charge in [-0.15, -0.1) is 0 Å². The standard InChI is InChI=1S/C14H19BrN4/c1-18(9-11-3-5-12(15)6-4-11)13(7-16)14-8-17-10-19(14)2/h3-6,8,10,13H,7,9,16H2,1-2H3. The highest BCUT2D eigenvalue weighted by molar-refractivity contribution is 9.10. The number of aromatic nitrogens is 2. The molecule has 0 saturated carbocycles. The minimum atomic E-state index is 0.177. The van der Waals surface area contributed by atoms with E-state index in [0.717, 1.165) is 16.7 Å². The summed E-state index contributed by atoms with van der Waals surface area (Å²) < 4.78 is 3.12. The number of imidazole rings is 1. The summed E-state index contributed by atoms with van der Waals surface area (Å²) in [5, 5.41) is 0. The number of hydrogen-bond acceptors (Lipinski definition) is 3. The molecule has 0 aliphatic heterocycles. The summed E-state index contributed by atoms with van der Waals surface area (Å²) in [5.41, 5.74) is 8.33. The fourth-order valence-electron chi connectivity index (χ4n) is 2.20. The number of rotatable bonds is 5. The Bertz CT molecular complexity index is 520. The SMILES string of the molecule is CN(Cc1ccc(Br)cc1)C(CN)c1cncn1C. The molecule has 1 aromatic carbocycles. The zero-order chi connectivity index (χ0) is 13.8. The number of benzene rings is 1. The van der Waals surface area contributed by atoms with E-state index in [-0.39, 0.29) is 6.04 Å². The highest BCUT2D eigenvalue weighted by atomic mass is 79.9. The monoisotopic (exact) mass is 322 g/mol. The minimum Gasteiger partial charge on any atom is -0.336 e. The molecule has 1 heterocycles. The van der Waals surface area contributed by atoms with Crippen molar-refractivity contribution in [2.24, 2.45) is 12.8 Å². The molecular formula is C14H19BrN4. The van der Waals surface area contributed by atoms with E-state index >= 15 is 0 Å². The molecule has 5 heteroatoms. The average molecular weight is 323 g/mol. The van der Waals surface area contributed by atoms with Crippen LogP contribution in [0.3, 0.4) is 0 Å². The van der Waals surface area contributed by atoms with Gasteiger partial charge in [-0.05, 0) is 24.7 Å². The lowest BCUT2D eigenvalue weighted by atomic mass is 10.1. The third-order valence-electron chi connectivity index (χ3n) is 3.30. The summed E-state index contributed by atoms with van der Waals surface area (Å²) in [6, 6.07) is 8.54. The van der Waals surface area contributed by atoms with Crippen molar-refractivity contribution in [1.29, 1.82) is 0 Å². The van der Waals surface area contributed by atoms with Gasteiger partial charge in [0.2, 0.25) is 0 Å². The van der Waals surface area contributed by atoms with Gasteiger partial charge in [-0.25, -0.2) is 4.98 Å². The van der Waals surface area contributed by atoms with Crippen molar-refractivity contribution in [1.82, 2.24) is 14.5 Å². The molecule has 2 aromatic rings. The van der Waals surface area contributed by atoms with E-state index in [1.165, 1.54) is 5.56 Å². The molecule has 1 atom stereocenters. The van der Waals surface area contributed by atoms with Crippen LogP contribution in [0.5, 0.6) is 0 Å². The normalized spacial score (nSPS) is 12.9. The van der Waals surface area contributed by atoms with Crippen LogP contribution in [-0.4, -0.2) is 28.0 Å². The summed E-state index contributed by atoms with van der Waals surface area (Å²) in [6.45, 7) is 1.44. The van der Waals surface area contributed by atoms with Crippen molar-refractivity contribution in [2.75, 3.05) is 13.6 Å². The molecule has 0 aliphatic carbocycles. The molecule has 4 nitrogen and oxygen atoms in total. The summed E-state index contributed by atoms with van der Waals surface area (Å²) in [4.78, 5) is 6.42. The Morgan fingerprint density at radius 3 is 2.58 bits per heavy atom. The molecule has 1 unspecified atom stereocenters. The van der Waals surface area contributed by atoms with Gasteiger partial charge in [0.05, 0.1) is 18.1 Å². The van der Waals surface area contributed by atoms with E-state index in [9.17, 15) is 0 Å². The fraction of sp³-hybridized carbons (Fsp3) is 0.357. The van der Waals surface area contributed by atoms with Crippen LogP contribution in [0.4, 0.5) is 0 Å². The van der Waals surface area contributed by atoms with Crippen molar-refractivity contribution in [3.05, 3.63) is 52.5 Å². The fourth-order valence-corrected chi connectivity index (χ4v) is 2.47. The lowest BCUT2D eigenvalue weighted by molar-refractivity contribution is 0.234. The predicted octanol–water partition coefficient (Wildman–Crippen LogP) is 2.31. The van der Waals surface area contributed by atoms with Gasteiger partial charge >= 0.3 is 0 Å². The van der Waals surface area contributed by atoms with Crippen molar-refractivity contribution >= 4 is 15.9 Å². The Morgan fingerprint density at radius 2 is 2.05 bits per heavy atom. The van der Waals surface area contributed by atoms with Crippen LogP contribution < -0.4 is 5.73 Å². The van der Waals surface area contributed by atoms with E-state index in [0.29, 0.717) is 6.54 Å². The van der Waals surface area contributed by atoms with Gasteiger partial charge in [0.15, 0.2) is 0 Å². The lowest BCUT2D eigenvalue weighted by Gasteiger charge is -2.27. The minimum absolute atomic E-state index is 0.177. The number of aryl methyl sites for hydroxylation is 1.